The molecule has 7 nitrogen and oxygen atoms in total. The summed E-state index contributed by atoms with van der Waals surface area (Å²) in [7, 11) is 1.56. The van der Waals surface area contributed by atoms with Crippen LogP contribution in [0.3, 0.4) is 0 Å². The summed E-state index contributed by atoms with van der Waals surface area (Å²) in [6.45, 7) is 0. The average Bonchev–Trinajstić information content (AvgIpc) is 2.71. The molecule has 0 saturated carbocycles. The summed E-state index contributed by atoms with van der Waals surface area (Å²) in [6, 6.07) is 9.37. The Morgan fingerprint density at radius 2 is 1.86 bits per heavy atom. The summed E-state index contributed by atoms with van der Waals surface area (Å²) >= 11 is -4.54. The van der Waals surface area contributed by atoms with Crippen molar-refractivity contribution in [2.45, 2.75) is 0 Å². The van der Waals surface area contributed by atoms with Crippen molar-refractivity contribution in [3.05, 3.63) is 63.1 Å². The quantitative estimate of drug-likeness (QED) is 0.439. The van der Waals surface area contributed by atoms with Gasteiger partial charge in [0.05, 0.1) is 7.11 Å². The van der Waals surface area contributed by atoms with E-state index in [0.717, 1.165) is 0 Å². The standard InChI is InChI=1S/C7H5IO4.C6H7NO2/c9-7-5-3-1-2-4-6(5)8(10,11)12-7;1-9-6-2-4-7(8)5-3-6/h1-4H,(H,10,11);2-5H,1H3. The van der Waals surface area contributed by atoms with Gasteiger partial charge in [0.25, 0.3) is 0 Å². The fourth-order valence-electron chi connectivity index (χ4n) is 1.55. The molecule has 8 heteroatoms. The van der Waals surface area contributed by atoms with Gasteiger partial charge in [-0.25, -0.2) is 0 Å². The zero-order valence-electron chi connectivity index (χ0n) is 10.9. The Morgan fingerprint density at radius 3 is 2.43 bits per heavy atom. The van der Waals surface area contributed by atoms with Gasteiger partial charge in [0.15, 0.2) is 12.4 Å². The van der Waals surface area contributed by atoms with E-state index < -0.39 is 25.2 Å². The van der Waals surface area contributed by atoms with Crippen LogP contribution in [0.2, 0.25) is 0 Å². The van der Waals surface area contributed by atoms with E-state index in [1.165, 1.54) is 24.5 Å². The third kappa shape index (κ3) is 3.52. The monoisotopic (exact) mass is 405 g/mol. The predicted octanol–water partition coefficient (Wildman–Crippen LogP) is 1.57. The van der Waals surface area contributed by atoms with Gasteiger partial charge in [-0.2, -0.15) is 4.73 Å². The van der Waals surface area contributed by atoms with E-state index in [-0.39, 0.29) is 9.13 Å². The van der Waals surface area contributed by atoms with Crippen LogP contribution in [-0.4, -0.2) is 16.5 Å². The molecular weight excluding hydrogens is 393 g/mol. The molecule has 1 unspecified atom stereocenters. The first-order valence-electron chi connectivity index (χ1n) is 5.71. The van der Waals surface area contributed by atoms with Crippen LogP contribution in [0.25, 0.3) is 0 Å². The first-order valence-corrected chi connectivity index (χ1v) is 9.51. The first-order chi connectivity index (χ1) is 9.94. The molecule has 21 heavy (non-hydrogen) atoms. The molecule has 2 heterocycles. The second-order valence-electron chi connectivity index (χ2n) is 3.88. The number of pyridine rings is 1. The fourth-order valence-corrected chi connectivity index (χ4v) is 4.36. The van der Waals surface area contributed by atoms with Gasteiger partial charge in [-0.1, -0.05) is 0 Å². The number of fused-ring (bicyclic) bond motifs is 1. The average molecular weight is 405 g/mol. The molecule has 1 N–H and O–H groups in total. The molecule has 0 aliphatic carbocycles. The Balaban J connectivity index is 0.000000161. The normalized spacial score (nSPS) is 22.1. The second-order valence-corrected chi connectivity index (χ2v) is 8.00. The van der Waals surface area contributed by atoms with Crippen LogP contribution in [0, 0.1) is 8.78 Å². The van der Waals surface area contributed by atoms with Crippen LogP contribution in [0.4, 0.5) is 0 Å². The number of carbonyl (C=O) groups excluding carboxylic acids is 1. The Labute approximate surface area is 125 Å². The van der Waals surface area contributed by atoms with E-state index in [2.05, 4.69) is 3.07 Å². The number of hydrogen-bond donors (Lipinski definition) is 1. The molecule has 0 fully saturated rings. The SMILES string of the molecule is COc1cc[n+]([O-])cc1.O=C1OI(=O)(O)c2ccccc21. The van der Waals surface area contributed by atoms with Gasteiger partial charge in [-0.15, -0.1) is 0 Å². The molecular formula is C13H12INO6. The minimum atomic E-state index is -4.54. The van der Waals surface area contributed by atoms with Gasteiger partial charge in [-0.05, 0) is 0 Å². The van der Waals surface area contributed by atoms with Crippen molar-refractivity contribution in [2.75, 3.05) is 7.11 Å². The van der Waals surface area contributed by atoms with Crippen LogP contribution in [0.15, 0.2) is 48.8 Å². The van der Waals surface area contributed by atoms with Crippen molar-refractivity contribution in [2.24, 2.45) is 0 Å². The van der Waals surface area contributed by atoms with E-state index >= 15 is 0 Å². The molecule has 0 amide bonds. The molecule has 0 bridgehead atoms. The van der Waals surface area contributed by atoms with Crippen molar-refractivity contribution in [3.63, 3.8) is 0 Å². The molecule has 1 aromatic carbocycles. The zero-order chi connectivity index (χ0) is 15.5. The maximum atomic E-state index is 11.2. The van der Waals surface area contributed by atoms with E-state index in [1.807, 2.05) is 0 Å². The van der Waals surface area contributed by atoms with E-state index in [0.29, 0.717) is 10.5 Å². The van der Waals surface area contributed by atoms with Crippen molar-refractivity contribution in [1.82, 2.24) is 0 Å². The summed E-state index contributed by atoms with van der Waals surface area (Å²) in [6.07, 6.45) is 2.78. The van der Waals surface area contributed by atoms with Crippen LogP contribution in [0.5, 0.6) is 5.75 Å². The Bertz CT molecular complexity index is 700. The first kappa shape index (κ1) is 15.3. The van der Waals surface area contributed by atoms with Gasteiger partial charge >= 0.3 is 73.0 Å². The Kier molecular flexibility index (Phi) is 4.48. The van der Waals surface area contributed by atoms with Crippen molar-refractivity contribution in [3.8, 4) is 5.75 Å². The van der Waals surface area contributed by atoms with Crippen LogP contribution in [-0.2, 0) is 6.14 Å². The molecule has 1 aromatic heterocycles. The molecule has 0 saturated heterocycles. The Hall–Kier alpha value is -2.07. The van der Waals surface area contributed by atoms with Gasteiger partial charge in [0.1, 0.15) is 5.75 Å². The molecule has 0 spiro atoms. The molecule has 3 rings (SSSR count). The van der Waals surface area contributed by atoms with E-state index in [1.54, 1.807) is 31.4 Å². The van der Waals surface area contributed by atoms with Gasteiger partial charge in [0.2, 0.25) is 0 Å². The summed E-state index contributed by atoms with van der Waals surface area (Å²) < 4.78 is 30.5. The van der Waals surface area contributed by atoms with Crippen LogP contribution in [0.1, 0.15) is 10.4 Å². The molecule has 1 aliphatic rings. The molecule has 1 aliphatic heterocycles. The van der Waals surface area contributed by atoms with Crippen molar-refractivity contribution in [1.29, 1.82) is 0 Å². The van der Waals surface area contributed by atoms with Crippen LogP contribution < -0.4 is 9.47 Å². The Morgan fingerprint density at radius 1 is 1.24 bits per heavy atom. The zero-order valence-corrected chi connectivity index (χ0v) is 13.1. The summed E-state index contributed by atoms with van der Waals surface area (Å²) in [5.74, 6) is 0.00148. The minimum absolute atomic E-state index is 0.161. The summed E-state index contributed by atoms with van der Waals surface area (Å²) in [5, 5.41) is 10.4. The second kappa shape index (κ2) is 6.14. The number of carbonyl (C=O) groups is 1. The van der Waals surface area contributed by atoms with E-state index in [4.69, 9.17) is 4.74 Å². The topological polar surface area (TPSA) is 99.8 Å². The van der Waals surface area contributed by atoms with Gasteiger partial charge < -0.3 is 9.94 Å². The summed E-state index contributed by atoms with van der Waals surface area (Å²) in [4.78, 5) is 10.9. The van der Waals surface area contributed by atoms with Gasteiger partial charge in [0, 0.05) is 12.1 Å². The fraction of sp³-hybridized carbons (Fsp3) is 0.0769. The van der Waals surface area contributed by atoms with Crippen LogP contribution >= 0.6 is 19.3 Å². The predicted molar refractivity (Wildman–Crippen MR) is 79.4 cm³/mol. The molecule has 0 radical (unpaired) electrons. The van der Waals surface area contributed by atoms with Crippen molar-refractivity contribution >= 4 is 25.2 Å². The number of rotatable bonds is 1. The van der Waals surface area contributed by atoms with Gasteiger partial charge in [-0.3, -0.25) is 0 Å². The number of hydrogen-bond acceptors (Lipinski definition) is 5. The number of benzene rings is 1. The molecule has 112 valence electrons. The number of methoxy groups -OCH3 is 1. The summed E-state index contributed by atoms with van der Waals surface area (Å²) in [5.41, 5.74) is 0.214. The number of ether oxygens (including phenoxy) is 1. The third-order valence-electron chi connectivity index (χ3n) is 2.53. The number of nitrogens with zero attached hydrogens (tertiary/aromatic N) is 1. The molecule has 1 atom stereocenters. The maximum absolute atomic E-state index is 11.2. The van der Waals surface area contributed by atoms with E-state index in [9.17, 15) is 16.5 Å². The van der Waals surface area contributed by atoms with Crippen molar-refractivity contribution < 1.29 is 23.8 Å². The number of aromatic nitrogens is 1. The third-order valence-corrected chi connectivity index (χ3v) is 5.94. The number of halogens is 1. The molecule has 2 aromatic rings.